The van der Waals surface area contributed by atoms with E-state index in [1.807, 2.05) is 25.7 Å². The van der Waals surface area contributed by atoms with Crippen molar-refractivity contribution in [2.24, 2.45) is 5.92 Å². The molecule has 158 valence electrons. The van der Waals surface area contributed by atoms with Gasteiger partial charge in [0, 0.05) is 38.6 Å². The summed E-state index contributed by atoms with van der Waals surface area (Å²) in [6.07, 6.45) is 6.66. The van der Waals surface area contributed by atoms with Gasteiger partial charge in [0.1, 0.15) is 4.90 Å². The molecule has 0 radical (unpaired) electrons. The molecule has 0 N–H and O–H groups in total. The Balaban J connectivity index is 1.61. The highest BCUT2D eigenvalue weighted by Crippen LogP contribution is 2.29. The lowest BCUT2D eigenvalue weighted by Gasteiger charge is -2.34. The van der Waals surface area contributed by atoms with Crippen LogP contribution in [0.4, 0.5) is 0 Å². The van der Waals surface area contributed by atoms with Gasteiger partial charge in [-0.2, -0.15) is 9.40 Å². The molecule has 2 fully saturated rings. The first-order valence-corrected chi connectivity index (χ1v) is 12.0. The Morgan fingerprint density at radius 3 is 2.25 bits per heavy atom. The van der Waals surface area contributed by atoms with Crippen LogP contribution in [0, 0.1) is 19.8 Å². The zero-order valence-electron chi connectivity index (χ0n) is 17.6. The van der Waals surface area contributed by atoms with E-state index in [4.69, 9.17) is 0 Å². The molecule has 1 aromatic heterocycles. The van der Waals surface area contributed by atoms with Crippen LogP contribution < -0.4 is 0 Å². The molecule has 1 saturated heterocycles. The second kappa shape index (κ2) is 8.53. The van der Waals surface area contributed by atoms with Crippen molar-refractivity contribution in [2.75, 3.05) is 26.2 Å². The third-order valence-electron chi connectivity index (χ3n) is 6.18. The van der Waals surface area contributed by atoms with Gasteiger partial charge in [0.15, 0.2) is 0 Å². The van der Waals surface area contributed by atoms with E-state index in [-0.39, 0.29) is 11.9 Å². The summed E-state index contributed by atoms with van der Waals surface area (Å²) in [5, 5.41) is 4.42. The third kappa shape index (κ3) is 4.27. The average molecular weight is 411 g/mol. The van der Waals surface area contributed by atoms with Crippen molar-refractivity contribution < 1.29 is 13.2 Å². The van der Waals surface area contributed by atoms with E-state index in [0.29, 0.717) is 54.8 Å². The number of carbonyl (C=O) groups is 1. The van der Waals surface area contributed by atoms with Crippen molar-refractivity contribution in [3.63, 3.8) is 0 Å². The minimum atomic E-state index is -3.60. The number of carbonyl (C=O) groups excluding carboxylic acids is 1. The van der Waals surface area contributed by atoms with E-state index in [9.17, 15) is 13.2 Å². The van der Waals surface area contributed by atoms with E-state index in [0.717, 1.165) is 6.42 Å². The molecule has 1 aliphatic heterocycles. The number of aryl methyl sites for hydroxylation is 1. The summed E-state index contributed by atoms with van der Waals surface area (Å²) in [5.41, 5.74) is 1.23. The maximum Gasteiger partial charge on any atom is 0.246 e. The molecule has 1 aliphatic carbocycles. The van der Waals surface area contributed by atoms with Gasteiger partial charge in [0.25, 0.3) is 0 Å². The standard InChI is InChI=1S/C20H34N4O3S/c1-15(2)24-17(4)20(16(3)21-24)28(26,27)23-13-11-22(12-14-23)19(25)10-9-18-7-5-6-8-18/h15,18H,5-14H2,1-4H3. The molecule has 28 heavy (non-hydrogen) atoms. The minimum absolute atomic E-state index is 0.108. The van der Waals surface area contributed by atoms with Gasteiger partial charge >= 0.3 is 0 Å². The van der Waals surface area contributed by atoms with E-state index in [1.54, 1.807) is 11.6 Å². The predicted octanol–water partition coefficient (Wildman–Crippen LogP) is 2.88. The largest absolute Gasteiger partial charge is 0.340 e. The molecule has 0 bridgehead atoms. The van der Waals surface area contributed by atoms with Crippen molar-refractivity contribution in [3.8, 4) is 0 Å². The second-order valence-corrected chi connectivity index (χ2v) is 10.4. The molecule has 0 aromatic carbocycles. The third-order valence-corrected chi connectivity index (χ3v) is 8.33. The fraction of sp³-hybridized carbons (Fsp3) is 0.800. The van der Waals surface area contributed by atoms with Crippen molar-refractivity contribution in [1.82, 2.24) is 19.0 Å². The van der Waals surface area contributed by atoms with Gasteiger partial charge in [-0.15, -0.1) is 0 Å². The van der Waals surface area contributed by atoms with Crippen LogP contribution in [0.25, 0.3) is 0 Å². The van der Waals surface area contributed by atoms with Gasteiger partial charge in [0.05, 0.1) is 11.4 Å². The Morgan fingerprint density at radius 1 is 1.11 bits per heavy atom. The normalized spacial score (nSPS) is 19.7. The monoisotopic (exact) mass is 410 g/mol. The van der Waals surface area contributed by atoms with Gasteiger partial charge < -0.3 is 4.90 Å². The van der Waals surface area contributed by atoms with Crippen LogP contribution in [0.3, 0.4) is 0 Å². The van der Waals surface area contributed by atoms with Crippen molar-refractivity contribution in [1.29, 1.82) is 0 Å². The molecule has 7 nitrogen and oxygen atoms in total. The summed E-state index contributed by atoms with van der Waals surface area (Å²) in [4.78, 5) is 14.7. The van der Waals surface area contributed by atoms with E-state index in [2.05, 4.69) is 5.10 Å². The summed E-state index contributed by atoms with van der Waals surface area (Å²) >= 11 is 0. The van der Waals surface area contributed by atoms with Gasteiger partial charge in [-0.1, -0.05) is 25.7 Å². The lowest BCUT2D eigenvalue weighted by Crippen LogP contribution is -2.50. The smallest absolute Gasteiger partial charge is 0.246 e. The number of sulfonamides is 1. The topological polar surface area (TPSA) is 75.5 Å². The molecule has 1 amide bonds. The van der Waals surface area contributed by atoms with E-state index in [1.165, 1.54) is 30.0 Å². The number of nitrogens with zero attached hydrogens (tertiary/aromatic N) is 4. The van der Waals surface area contributed by atoms with Gasteiger partial charge in [0.2, 0.25) is 15.9 Å². The number of aromatic nitrogens is 2. The van der Waals surface area contributed by atoms with Gasteiger partial charge in [-0.25, -0.2) is 8.42 Å². The highest BCUT2D eigenvalue weighted by Gasteiger charge is 2.34. The van der Waals surface area contributed by atoms with E-state index >= 15 is 0 Å². The summed E-state index contributed by atoms with van der Waals surface area (Å²) in [6.45, 7) is 9.19. The molecule has 8 heteroatoms. The molecule has 0 spiro atoms. The fourth-order valence-corrected chi connectivity index (χ4v) is 6.40. The van der Waals surface area contributed by atoms with Crippen molar-refractivity contribution in [2.45, 2.75) is 77.2 Å². The van der Waals surface area contributed by atoms with Crippen LogP contribution in [0.1, 0.15) is 69.8 Å². The molecule has 1 saturated carbocycles. The first kappa shape index (κ1) is 21.3. The van der Waals surface area contributed by atoms with Crippen molar-refractivity contribution >= 4 is 15.9 Å². The average Bonchev–Trinajstić information content (AvgIpc) is 3.27. The lowest BCUT2D eigenvalue weighted by atomic mass is 10.0. The molecular weight excluding hydrogens is 376 g/mol. The summed E-state index contributed by atoms with van der Waals surface area (Å²) in [6, 6.07) is 0.108. The highest BCUT2D eigenvalue weighted by molar-refractivity contribution is 7.89. The summed E-state index contributed by atoms with van der Waals surface area (Å²) in [7, 11) is -3.60. The summed E-state index contributed by atoms with van der Waals surface area (Å²) in [5.74, 6) is 0.873. The molecule has 0 unspecified atom stereocenters. The molecule has 0 atom stereocenters. The zero-order chi connectivity index (χ0) is 20.5. The van der Waals surface area contributed by atoms with Crippen LogP contribution in [0.2, 0.25) is 0 Å². The minimum Gasteiger partial charge on any atom is -0.340 e. The molecule has 3 rings (SSSR count). The first-order valence-electron chi connectivity index (χ1n) is 10.6. The molecular formula is C20H34N4O3S. The molecule has 2 aliphatic rings. The van der Waals surface area contributed by atoms with Crippen LogP contribution in [-0.2, 0) is 14.8 Å². The fourth-order valence-electron chi connectivity index (χ4n) is 4.62. The van der Waals surface area contributed by atoms with Gasteiger partial charge in [-0.3, -0.25) is 9.48 Å². The van der Waals surface area contributed by atoms with E-state index < -0.39 is 10.0 Å². The number of rotatable bonds is 6. The maximum atomic E-state index is 13.2. The first-order chi connectivity index (χ1) is 13.2. The number of amides is 1. The Kier molecular flexibility index (Phi) is 6.49. The number of piperazine rings is 1. The van der Waals surface area contributed by atoms with Gasteiger partial charge in [-0.05, 0) is 40.0 Å². The maximum absolute atomic E-state index is 13.2. The van der Waals surface area contributed by atoms with Crippen LogP contribution in [0.15, 0.2) is 4.90 Å². The molecule has 2 heterocycles. The predicted molar refractivity (Wildman–Crippen MR) is 109 cm³/mol. The Morgan fingerprint density at radius 2 is 1.71 bits per heavy atom. The second-order valence-electron chi connectivity index (χ2n) is 8.51. The SMILES string of the molecule is Cc1nn(C(C)C)c(C)c1S(=O)(=O)N1CCN(C(=O)CCC2CCCC2)CC1. The van der Waals surface area contributed by atoms with Crippen LogP contribution in [-0.4, -0.2) is 59.5 Å². The highest BCUT2D eigenvalue weighted by atomic mass is 32.2. The Labute approximate surface area is 169 Å². The number of hydrogen-bond donors (Lipinski definition) is 0. The quantitative estimate of drug-likeness (QED) is 0.723. The van der Waals surface area contributed by atoms with Crippen molar-refractivity contribution in [3.05, 3.63) is 11.4 Å². The Hall–Kier alpha value is -1.41. The summed E-state index contributed by atoms with van der Waals surface area (Å²) < 4.78 is 29.7. The van der Waals surface area contributed by atoms with Crippen LogP contribution >= 0.6 is 0 Å². The lowest BCUT2D eigenvalue weighted by molar-refractivity contribution is -0.132. The Bertz CT molecular complexity index is 802. The van der Waals surface area contributed by atoms with Crippen LogP contribution in [0.5, 0.6) is 0 Å². The number of hydrogen-bond acceptors (Lipinski definition) is 4. The molecule has 1 aromatic rings. The zero-order valence-corrected chi connectivity index (χ0v) is 18.5.